The van der Waals surface area contributed by atoms with Crippen molar-refractivity contribution in [1.82, 2.24) is 25.0 Å². The van der Waals surface area contributed by atoms with Crippen LogP contribution >= 0.6 is 0 Å². The van der Waals surface area contributed by atoms with Gasteiger partial charge in [0.1, 0.15) is 6.33 Å². The Kier molecular flexibility index (Phi) is 3.90. The lowest BCUT2D eigenvalue weighted by molar-refractivity contribution is 0.311. The number of nitrogens with zero attached hydrogens (tertiary/aromatic N) is 4. The Labute approximate surface area is 96.8 Å². The lowest BCUT2D eigenvalue weighted by atomic mass is 10.2. The molecule has 1 aliphatic rings. The third kappa shape index (κ3) is 3.02. The molecule has 0 bridgehead atoms. The highest BCUT2D eigenvalue weighted by Crippen LogP contribution is 2.11. The molecule has 0 aliphatic carbocycles. The van der Waals surface area contributed by atoms with Crippen molar-refractivity contribution in [2.24, 2.45) is 7.05 Å². The monoisotopic (exact) mass is 223 g/mol. The Morgan fingerprint density at radius 1 is 1.56 bits per heavy atom. The van der Waals surface area contributed by atoms with Crippen LogP contribution < -0.4 is 5.32 Å². The third-order valence-corrected chi connectivity index (χ3v) is 2.97. The summed E-state index contributed by atoms with van der Waals surface area (Å²) in [5.74, 6) is 0.929. The molecule has 0 amide bonds. The zero-order valence-electron chi connectivity index (χ0n) is 10.2. The quantitative estimate of drug-likeness (QED) is 0.784. The van der Waals surface area contributed by atoms with Crippen LogP contribution in [0.5, 0.6) is 0 Å². The topological polar surface area (TPSA) is 46.0 Å². The van der Waals surface area contributed by atoms with Gasteiger partial charge < -0.3 is 5.32 Å². The van der Waals surface area contributed by atoms with Crippen LogP contribution in [-0.2, 0) is 13.6 Å². The molecule has 1 aliphatic heterocycles. The van der Waals surface area contributed by atoms with E-state index in [2.05, 4.69) is 27.2 Å². The van der Waals surface area contributed by atoms with Crippen LogP contribution in [0.15, 0.2) is 6.33 Å². The van der Waals surface area contributed by atoms with Crippen molar-refractivity contribution < 1.29 is 0 Å². The van der Waals surface area contributed by atoms with Gasteiger partial charge in [-0.3, -0.25) is 9.58 Å². The van der Waals surface area contributed by atoms with Gasteiger partial charge in [-0.05, 0) is 19.4 Å². The summed E-state index contributed by atoms with van der Waals surface area (Å²) in [6, 6.07) is 0.656. The minimum atomic E-state index is 0.656. The Balaban J connectivity index is 1.76. The Morgan fingerprint density at radius 2 is 2.44 bits per heavy atom. The number of rotatable bonds is 5. The summed E-state index contributed by atoms with van der Waals surface area (Å²) in [5, 5.41) is 7.87. The van der Waals surface area contributed by atoms with Crippen molar-refractivity contribution in [2.75, 3.05) is 19.6 Å². The zero-order valence-corrected chi connectivity index (χ0v) is 10.2. The molecule has 2 heterocycles. The average molecular weight is 223 g/mol. The van der Waals surface area contributed by atoms with E-state index in [1.807, 2.05) is 7.05 Å². The molecule has 1 atom stereocenters. The van der Waals surface area contributed by atoms with Crippen molar-refractivity contribution in [2.45, 2.75) is 32.4 Å². The highest BCUT2D eigenvalue weighted by molar-refractivity contribution is 4.87. The van der Waals surface area contributed by atoms with Gasteiger partial charge in [0.2, 0.25) is 0 Å². The highest BCUT2D eigenvalue weighted by Gasteiger charge is 2.22. The van der Waals surface area contributed by atoms with Gasteiger partial charge in [0.05, 0.1) is 6.54 Å². The van der Waals surface area contributed by atoms with Gasteiger partial charge >= 0.3 is 0 Å². The molecule has 0 saturated carbocycles. The van der Waals surface area contributed by atoms with Crippen molar-refractivity contribution in [1.29, 1.82) is 0 Å². The number of aryl methyl sites for hydroxylation is 1. The SMILES string of the molecule is CCCNC1CCN(Cc2ncn(C)n2)C1. The van der Waals surface area contributed by atoms with E-state index in [-0.39, 0.29) is 0 Å². The summed E-state index contributed by atoms with van der Waals surface area (Å²) < 4.78 is 1.76. The van der Waals surface area contributed by atoms with Crippen LogP contribution in [0.4, 0.5) is 0 Å². The van der Waals surface area contributed by atoms with E-state index >= 15 is 0 Å². The van der Waals surface area contributed by atoms with E-state index < -0.39 is 0 Å². The molecule has 5 heteroatoms. The Morgan fingerprint density at radius 3 is 3.12 bits per heavy atom. The molecule has 0 aromatic carbocycles. The molecular weight excluding hydrogens is 202 g/mol. The van der Waals surface area contributed by atoms with Gasteiger partial charge in [-0.1, -0.05) is 6.92 Å². The molecule has 1 fully saturated rings. The van der Waals surface area contributed by atoms with Crippen molar-refractivity contribution in [3.05, 3.63) is 12.2 Å². The van der Waals surface area contributed by atoms with E-state index in [0.29, 0.717) is 6.04 Å². The first kappa shape index (κ1) is 11.5. The average Bonchev–Trinajstić information content (AvgIpc) is 2.86. The maximum atomic E-state index is 4.30. The lowest BCUT2D eigenvalue weighted by Gasteiger charge is -2.14. The lowest BCUT2D eigenvalue weighted by Crippen LogP contribution is -2.32. The molecule has 16 heavy (non-hydrogen) atoms. The molecule has 90 valence electrons. The second-order valence-electron chi connectivity index (χ2n) is 4.51. The maximum absolute atomic E-state index is 4.30. The van der Waals surface area contributed by atoms with Crippen molar-refractivity contribution in [3.63, 3.8) is 0 Å². The molecule has 1 N–H and O–H groups in total. The molecule has 1 aromatic rings. The van der Waals surface area contributed by atoms with Crippen LogP contribution in [-0.4, -0.2) is 45.3 Å². The number of hydrogen-bond donors (Lipinski definition) is 1. The van der Waals surface area contributed by atoms with E-state index in [0.717, 1.165) is 32.0 Å². The molecule has 1 saturated heterocycles. The summed E-state index contributed by atoms with van der Waals surface area (Å²) in [6.45, 7) is 6.49. The molecule has 0 radical (unpaired) electrons. The van der Waals surface area contributed by atoms with E-state index in [1.54, 1.807) is 11.0 Å². The molecule has 1 aromatic heterocycles. The number of likely N-dealkylation sites (tertiary alicyclic amines) is 1. The van der Waals surface area contributed by atoms with Gasteiger partial charge in [0.25, 0.3) is 0 Å². The van der Waals surface area contributed by atoms with Crippen LogP contribution in [0.1, 0.15) is 25.6 Å². The van der Waals surface area contributed by atoms with Gasteiger partial charge in [-0.15, -0.1) is 0 Å². The molecule has 0 spiro atoms. The molecule has 5 nitrogen and oxygen atoms in total. The summed E-state index contributed by atoms with van der Waals surface area (Å²) >= 11 is 0. The zero-order chi connectivity index (χ0) is 11.4. The van der Waals surface area contributed by atoms with E-state index in [1.165, 1.54) is 12.8 Å². The second-order valence-corrected chi connectivity index (χ2v) is 4.51. The summed E-state index contributed by atoms with van der Waals surface area (Å²) in [5.41, 5.74) is 0. The van der Waals surface area contributed by atoms with Crippen LogP contribution in [0.2, 0.25) is 0 Å². The first-order chi connectivity index (χ1) is 7.78. The van der Waals surface area contributed by atoms with Gasteiger partial charge in [-0.2, -0.15) is 5.10 Å². The van der Waals surface area contributed by atoms with Gasteiger partial charge in [0.15, 0.2) is 5.82 Å². The standard InChI is InChI=1S/C11H21N5/c1-3-5-12-10-4-6-16(7-10)8-11-13-9-15(2)14-11/h9-10,12H,3-8H2,1-2H3. The van der Waals surface area contributed by atoms with Gasteiger partial charge in [-0.25, -0.2) is 4.98 Å². The number of hydrogen-bond acceptors (Lipinski definition) is 4. The second kappa shape index (κ2) is 5.41. The Hall–Kier alpha value is -0.940. The maximum Gasteiger partial charge on any atom is 0.164 e. The number of nitrogens with one attached hydrogen (secondary N) is 1. The fourth-order valence-corrected chi connectivity index (χ4v) is 2.15. The first-order valence-electron chi connectivity index (χ1n) is 6.08. The largest absolute Gasteiger partial charge is 0.313 e. The molecule has 2 rings (SSSR count). The smallest absolute Gasteiger partial charge is 0.164 e. The first-order valence-corrected chi connectivity index (χ1v) is 6.08. The van der Waals surface area contributed by atoms with Crippen LogP contribution in [0.25, 0.3) is 0 Å². The van der Waals surface area contributed by atoms with Crippen molar-refractivity contribution >= 4 is 0 Å². The fourth-order valence-electron chi connectivity index (χ4n) is 2.15. The highest BCUT2D eigenvalue weighted by atomic mass is 15.3. The fraction of sp³-hybridized carbons (Fsp3) is 0.818. The summed E-state index contributed by atoms with van der Waals surface area (Å²) in [4.78, 5) is 6.68. The molecule has 1 unspecified atom stereocenters. The predicted octanol–water partition coefficient (Wildman–Crippen LogP) is 0.389. The van der Waals surface area contributed by atoms with Gasteiger partial charge in [0, 0.05) is 26.2 Å². The van der Waals surface area contributed by atoms with Crippen LogP contribution in [0, 0.1) is 0 Å². The summed E-state index contributed by atoms with van der Waals surface area (Å²) in [6.07, 6.45) is 4.21. The normalized spacial score (nSPS) is 21.8. The Bertz CT molecular complexity index is 322. The number of aromatic nitrogens is 3. The van der Waals surface area contributed by atoms with Crippen LogP contribution in [0.3, 0.4) is 0 Å². The molecular formula is C11H21N5. The minimum absolute atomic E-state index is 0.656. The van der Waals surface area contributed by atoms with E-state index in [4.69, 9.17) is 0 Å². The predicted molar refractivity (Wildman–Crippen MR) is 63.0 cm³/mol. The van der Waals surface area contributed by atoms with Crippen molar-refractivity contribution in [3.8, 4) is 0 Å². The van der Waals surface area contributed by atoms with E-state index in [9.17, 15) is 0 Å². The minimum Gasteiger partial charge on any atom is -0.313 e. The third-order valence-electron chi connectivity index (χ3n) is 2.97. The summed E-state index contributed by atoms with van der Waals surface area (Å²) in [7, 11) is 1.91.